The highest BCUT2D eigenvalue weighted by molar-refractivity contribution is 7.10. The van der Waals surface area contributed by atoms with Crippen LogP contribution in [0.3, 0.4) is 0 Å². The minimum atomic E-state index is -0.325. The molecular formula is C16H15ClN2O2S. The summed E-state index contributed by atoms with van der Waals surface area (Å²) in [5.41, 5.74) is 1.34. The van der Waals surface area contributed by atoms with Crippen LogP contribution in [-0.4, -0.2) is 16.0 Å². The Labute approximate surface area is 136 Å². The van der Waals surface area contributed by atoms with E-state index >= 15 is 0 Å². The van der Waals surface area contributed by atoms with Crippen LogP contribution >= 0.6 is 22.9 Å². The number of fused-ring (bicyclic) bond motifs is 1. The van der Waals surface area contributed by atoms with Gasteiger partial charge in [0, 0.05) is 28.6 Å². The summed E-state index contributed by atoms with van der Waals surface area (Å²) in [6.07, 6.45) is 2.29. The summed E-state index contributed by atoms with van der Waals surface area (Å²) in [5, 5.41) is 2.68. The van der Waals surface area contributed by atoms with Gasteiger partial charge in [-0.2, -0.15) is 0 Å². The van der Waals surface area contributed by atoms with Gasteiger partial charge >= 0.3 is 5.76 Å². The maximum atomic E-state index is 12.2. The van der Waals surface area contributed by atoms with Crippen molar-refractivity contribution in [1.29, 1.82) is 0 Å². The Bertz CT molecular complexity index is 853. The third-order valence-corrected chi connectivity index (χ3v) is 5.40. The molecule has 2 aromatic heterocycles. The van der Waals surface area contributed by atoms with Crippen LogP contribution in [0.5, 0.6) is 0 Å². The van der Waals surface area contributed by atoms with Crippen LogP contribution in [0, 0.1) is 0 Å². The molecule has 1 saturated heterocycles. The van der Waals surface area contributed by atoms with E-state index in [1.807, 2.05) is 6.07 Å². The molecule has 22 heavy (non-hydrogen) atoms. The van der Waals surface area contributed by atoms with Gasteiger partial charge in [0.25, 0.3) is 0 Å². The number of nitrogens with zero attached hydrogens (tertiary/aromatic N) is 2. The molecular weight excluding hydrogens is 320 g/mol. The van der Waals surface area contributed by atoms with Crippen LogP contribution in [0.2, 0.25) is 5.02 Å². The highest BCUT2D eigenvalue weighted by Crippen LogP contribution is 2.35. The maximum Gasteiger partial charge on any atom is 0.421 e. The van der Waals surface area contributed by atoms with Crippen molar-refractivity contribution in [2.45, 2.75) is 25.6 Å². The number of benzene rings is 1. The Morgan fingerprint density at radius 3 is 3.09 bits per heavy atom. The molecule has 1 aliphatic heterocycles. The molecule has 1 atom stereocenters. The van der Waals surface area contributed by atoms with Crippen molar-refractivity contribution in [2.75, 3.05) is 6.54 Å². The molecule has 6 heteroatoms. The van der Waals surface area contributed by atoms with E-state index < -0.39 is 0 Å². The first kappa shape index (κ1) is 14.1. The monoisotopic (exact) mass is 334 g/mol. The summed E-state index contributed by atoms with van der Waals surface area (Å²) in [5.74, 6) is -0.325. The first-order valence-electron chi connectivity index (χ1n) is 7.29. The zero-order chi connectivity index (χ0) is 15.1. The second-order valence-electron chi connectivity index (χ2n) is 5.54. The molecule has 1 unspecified atom stereocenters. The van der Waals surface area contributed by atoms with E-state index in [1.165, 1.54) is 4.88 Å². The molecule has 1 aromatic carbocycles. The largest absolute Gasteiger partial charge is 0.421 e. The summed E-state index contributed by atoms with van der Waals surface area (Å²) in [6.45, 7) is 1.55. The van der Waals surface area contributed by atoms with Crippen LogP contribution in [0.4, 0.5) is 0 Å². The van der Waals surface area contributed by atoms with E-state index in [9.17, 15) is 4.79 Å². The van der Waals surface area contributed by atoms with Crippen molar-refractivity contribution in [3.8, 4) is 0 Å². The van der Waals surface area contributed by atoms with Gasteiger partial charge in [-0.25, -0.2) is 4.79 Å². The highest BCUT2D eigenvalue weighted by Gasteiger charge is 2.27. The lowest BCUT2D eigenvalue weighted by atomic mass is 10.2. The maximum absolute atomic E-state index is 12.2. The normalized spacial score (nSPS) is 19.2. The molecule has 3 aromatic rings. The molecule has 4 rings (SSSR count). The van der Waals surface area contributed by atoms with Gasteiger partial charge in [-0.3, -0.25) is 9.47 Å². The second-order valence-corrected chi connectivity index (χ2v) is 6.95. The number of likely N-dealkylation sites (tertiary alicyclic amines) is 1. The van der Waals surface area contributed by atoms with Crippen LogP contribution in [-0.2, 0) is 6.67 Å². The number of hydrogen-bond acceptors (Lipinski definition) is 4. The van der Waals surface area contributed by atoms with Crippen LogP contribution < -0.4 is 5.76 Å². The average Bonchev–Trinajstić information content (AvgIpc) is 3.20. The molecule has 0 saturated carbocycles. The smallest absolute Gasteiger partial charge is 0.408 e. The standard InChI is InChI=1S/C16H15ClN2O2S/c17-11-5-6-12-14(9-11)21-16(20)19(12)10-18-7-1-3-13(18)15-4-2-8-22-15/h2,4-6,8-9,13H,1,3,7,10H2. The van der Waals surface area contributed by atoms with E-state index in [2.05, 4.69) is 22.4 Å². The lowest BCUT2D eigenvalue weighted by Gasteiger charge is -2.23. The van der Waals surface area contributed by atoms with E-state index in [-0.39, 0.29) is 5.76 Å². The van der Waals surface area contributed by atoms with Gasteiger partial charge in [0.05, 0.1) is 12.2 Å². The van der Waals surface area contributed by atoms with Crippen molar-refractivity contribution in [3.05, 3.63) is 56.2 Å². The van der Waals surface area contributed by atoms with Crippen molar-refractivity contribution in [1.82, 2.24) is 9.47 Å². The molecule has 114 valence electrons. The summed E-state index contributed by atoms with van der Waals surface area (Å²) < 4.78 is 7.01. The Morgan fingerprint density at radius 2 is 2.27 bits per heavy atom. The van der Waals surface area contributed by atoms with Crippen molar-refractivity contribution < 1.29 is 4.42 Å². The van der Waals surface area contributed by atoms with E-state index in [1.54, 1.807) is 28.0 Å². The predicted octanol–water partition coefficient (Wildman–Crippen LogP) is 4.10. The summed E-state index contributed by atoms with van der Waals surface area (Å²) in [4.78, 5) is 15.9. The van der Waals surface area contributed by atoms with Gasteiger partial charge < -0.3 is 4.42 Å². The van der Waals surface area contributed by atoms with Crippen molar-refractivity contribution in [2.24, 2.45) is 0 Å². The van der Waals surface area contributed by atoms with Gasteiger partial charge in [-0.15, -0.1) is 11.3 Å². The van der Waals surface area contributed by atoms with E-state index in [4.69, 9.17) is 16.0 Å². The number of thiophene rings is 1. The fraction of sp³-hybridized carbons (Fsp3) is 0.312. The van der Waals surface area contributed by atoms with Crippen LogP contribution in [0.15, 0.2) is 44.9 Å². The predicted molar refractivity (Wildman–Crippen MR) is 88.5 cm³/mol. The SMILES string of the molecule is O=c1oc2cc(Cl)ccc2n1CN1CCCC1c1cccs1. The third kappa shape index (κ3) is 2.39. The van der Waals surface area contributed by atoms with E-state index in [0.717, 1.165) is 24.9 Å². The first-order chi connectivity index (χ1) is 10.7. The number of halogens is 1. The molecule has 3 heterocycles. The Hall–Kier alpha value is -1.56. The van der Waals surface area contributed by atoms with Gasteiger partial charge in [-0.05, 0) is 36.4 Å². The quantitative estimate of drug-likeness (QED) is 0.723. The van der Waals surface area contributed by atoms with Crippen LogP contribution in [0.1, 0.15) is 23.8 Å². The van der Waals surface area contributed by atoms with Gasteiger partial charge in [0.1, 0.15) is 0 Å². The first-order valence-corrected chi connectivity index (χ1v) is 8.54. The summed E-state index contributed by atoms with van der Waals surface area (Å²) in [6, 6.07) is 9.97. The number of rotatable bonds is 3. The molecule has 0 spiro atoms. The Morgan fingerprint density at radius 1 is 1.36 bits per heavy atom. The highest BCUT2D eigenvalue weighted by atomic mass is 35.5. The second kappa shape index (κ2) is 5.57. The minimum Gasteiger partial charge on any atom is -0.408 e. The average molecular weight is 335 g/mol. The van der Waals surface area contributed by atoms with Gasteiger partial charge in [-0.1, -0.05) is 17.7 Å². The topological polar surface area (TPSA) is 38.4 Å². The van der Waals surface area contributed by atoms with Gasteiger partial charge in [0.15, 0.2) is 5.58 Å². The van der Waals surface area contributed by atoms with Crippen molar-refractivity contribution >= 4 is 34.0 Å². The van der Waals surface area contributed by atoms with E-state index in [0.29, 0.717) is 23.3 Å². The molecule has 1 aliphatic rings. The third-order valence-electron chi connectivity index (χ3n) is 4.19. The molecule has 0 N–H and O–H groups in total. The Kier molecular flexibility index (Phi) is 3.56. The molecule has 0 radical (unpaired) electrons. The molecule has 4 nitrogen and oxygen atoms in total. The summed E-state index contributed by atoms with van der Waals surface area (Å²) in [7, 11) is 0. The molecule has 0 amide bonds. The molecule has 0 bridgehead atoms. The number of aromatic nitrogens is 1. The van der Waals surface area contributed by atoms with Crippen molar-refractivity contribution in [3.63, 3.8) is 0 Å². The number of oxazole rings is 1. The number of hydrogen-bond donors (Lipinski definition) is 0. The lowest BCUT2D eigenvalue weighted by Crippen LogP contribution is -2.30. The fourth-order valence-electron chi connectivity index (χ4n) is 3.15. The molecule has 1 fully saturated rings. The van der Waals surface area contributed by atoms with Gasteiger partial charge in [0.2, 0.25) is 0 Å². The lowest BCUT2D eigenvalue weighted by molar-refractivity contribution is 0.200. The Balaban J connectivity index is 1.68. The van der Waals surface area contributed by atoms with Crippen LogP contribution in [0.25, 0.3) is 11.1 Å². The molecule has 0 aliphatic carbocycles. The minimum absolute atomic E-state index is 0.325. The zero-order valence-corrected chi connectivity index (χ0v) is 13.4. The summed E-state index contributed by atoms with van der Waals surface area (Å²) >= 11 is 7.74. The zero-order valence-electron chi connectivity index (χ0n) is 11.9. The fourth-order valence-corrected chi connectivity index (χ4v) is 4.21.